The van der Waals surface area contributed by atoms with Crippen LogP contribution in [0.3, 0.4) is 0 Å². The number of aliphatic hydroxyl groups excluding tert-OH is 1. The molecular formula is C10H16N2OS. The van der Waals surface area contributed by atoms with Crippen LogP contribution in [0.1, 0.15) is 11.0 Å². The van der Waals surface area contributed by atoms with E-state index >= 15 is 0 Å². The first-order chi connectivity index (χ1) is 6.86. The zero-order valence-electron chi connectivity index (χ0n) is 8.15. The van der Waals surface area contributed by atoms with Crippen LogP contribution in [-0.4, -0.2) is 42.7 Å². The summed E-state index contributed by atoms with van der Waals surface area (Å²) >= 11 is 1.63. The Morgan fingerprint density at radius 1 is 1.50 bits per heavy atom. The Morgan fingerprint density at radius 3 is 2.93 bits per heavy atom. The Labute approximate surface area is 88.4 Å². The molecule has 1 atom stereocenters. The number of β-amino-alcohol motifs (C(OH)–C–C–N with tert-alkyl or cyclic N) is 1. The van der Waals surface area contributed by atoms with Gasteiger partial charge in [0.1, 0.15) is 6.10 Å². The van der Waals surface area contributed by atoms with Gasteiger partial charge in [-0.1, -0.05) is 6.07 Å². The molecule has 4 heteroatoms. The molecule has 1 aliphatic heterocycles. The highest BCUT2D eigenvalue weighted by Crippen LogP contribution is 2.19. The van der Waals surface area contributed by atoms with Gasteiger partial charge in [-0.3, -0.25) is 4.90 Å². The van der Waals surface area contributed by atoms with E-state index in [0.717, 1.165) is 37.6 Å². The molecule has 3 nitrogen and oxygen atoms in total. The molecule has 0 aliphatic carbocycles. The number of thiophene rings is 1. The first kappa shape index (κ1) is 10.1. The summed E-state index contributed by atoms with van der Waals surface area (Å²) in [5, 5.41) is 15.2. The zero-order chi connectivity index (χ0) is 9.80. The fourth-order valence-electron chi connectivity index (χ4n) is 1.71. The first-order valence-electron chi connectivity index (χ1n) is 5.01. The van der Waals surface area contributed by atoms with E-state index < -0.39 is 0 Å². The number of nitrogens with zero attached hydrogens (tertiary/aromatic N) is 1. The summed E-state index contributed by atoms with van der Waals surface area (Å²) in [6, 6.07) is 3.98. The summed E-state index contributed by atoms with van der Waals surface area (Å²) < 4.78 is 0. The smallest absolute Gasteiger partial charge is 0.101 e. The number of nitrogens with one attached hydrogen (secondary N) is 1. The Kier molecular flexibility index (Phi) is 3.53. The van der Waals surface area contributed by atoms with Crippen molar-refractivity contribution in [2.24, 2.45) is 0 Å². The normalized spacial score (nSPS) is 20.9. The molecule has 2 rings (SSSR count). The van der Waals surface area contributed by atoms with Gasteiger partial charge in [0.2, 0.25) is 0 Å². The van der Waals surface area contributed by atoms with Crippen LogP contribution in [0.15, 0.2) is 17.5 Å². The molecule has 0 aromatic carbocycles. The summed E-state index contributed by atoms with van der Waals surface area (Å²) in [7, 11) is 0. The molecule has 1 fully saturated rings. The van der Waals surface area contributed by atoms with Crippen LogP contribution in [-0.2, 0) is 0 Å². The molecule has 0 spiro atoms. The van der Waals surface area contributed by atoms with Gasteiger partial charge < -0.3 is 10.4 Å². The topological polar surface area (TPSA) is 35.5 Å². The van der Waals surface area contributed by atoms with Gasteiger partial charge in [0.15, 0.2) is 0 Å². The van der Waals surface area contributed by atoms with Gasteiger partial charge in [0.25, 0.3) is 0 Å². The van der Waals surface area contributed by atoms with Gasteiger partial charge in [-0.15, -0.1) is 11.3 Å². The summed E-state index contributed by atoms with van der Waals surface area (Å²) in [6.45, 7) is 4.93. The Hall–Kier alpha value is -0.420. The third-order valence-electron chi connectivity index (χ3n) is 2.51. The second kappa shape index (κ2) is 4.89. The Balaban J connectivity index is 1.84. The van der Waals surface area contributed by atoms with E-state index in [2.05, 4.69) is 10.2 Å². The van der Waals surface area contributed by atoms with Crippen molar-refractivity contribution in [1.82, 2.24) is 10.2 Å². The van der Waals surface area contributed by atoms with Crippen molar-refractivity contribution in [2.45, 2.75) is 6.10 Å². The molecule has 0 saturated carbocycles. The summed E-state index contributed by atoms with van der Waals surface area (Å²) in [4.78, 5) is 3.38. The van der Waals surface area contributed by atoms with Crippen LogP contribution in [0.5, 0.6) is 0 Å². The number of aliphatic hydroxyl groups is 1. The maximum Gasteiger partial charge on any atom is 0.101 e. The molecule has 0 unspecified atom stereocenters. The number of rotatable bonds is 3. The molecule has 2 N–H and O–H groups in total. The zero-order valence-corrected chi connectivity index (χ0v) is 8.96. The third kappa shape index (κ3) is 2.54. The summed E-state index contributed by atoms with van der Waals surface area (Å²) in [5.74, 6) is 0. The minimum Gasteiger partial charge on any atom is -0.386 e. The van der Waals surface area contributed by atoms with Gasteiger partial charge in [-0.25, -0.2) is 0 Å². The SMILES string of the molecule is O[C@H](CN1CCNCC1)c1cccs1. The maximum absolute atomic E-state index is 9.91. The van der Waals surface area contributed by atoms with E-state index in [4.69, 9.17) is 0 Å². The van der Waals surface area contributed by atoms with Crippen LogP contribution in [0.25, 0.3) is 0 Å². The molecule has 2 heterocycles. The lowest BCUT2D eigenvalue weighted by atomic mass is 10.2. The Morgan fingerprint density at radius 2 is 2.29 bits per heavy atom. The minimum atomic E-state index is -0.312. The lowest BCUT2D eigenvalue weighted by Crippen LogP contribution is -2.44. The highest BCUT2D eigenvalue weighted by Gasteiger charge is 2.15. The van der Waals surface area contributed by atoms with E-state index in [1.165, 1.54) is 0 Å². The van der Waals surface area contributed by atoms with Crippen molar-refractivity contribution < 1.29 is 5.11 Å². The van der Waals surface area contributed by atoms with Crippen molar-refractivity contribution >= 4 is 11.3 Å². The van der Waals surface area contributed by atoms with E-state index in [0.29, 0.717) is 0 Å². The highest BCUT2D eigenvalue weighted by molar-refractivity contribution is 7.10. The maximum atomic E-state index is 9.91. The van der Waals surface area contributed by atoms with Crippen LogP contribution in [0.4, 0.5) is 0 Å². The van der Waals surface area contributed by atoms with Gasteiger partial charge in [0, 0.05) is 37.6 Å². The fourth-order valence-corrected chi connectivity index (χ4v) is 2.41. The van der Waals surface area contributed by atoms with Crippen molar-refractivity contribution in [3.8, 4) is 0 Å². The van der Waals surface area contributed by atoms with Gasteiger partial charge in [-0.05, 0) is 11.4 Å². The Bertz CT molecular complexity index is 257. The van der Waals surface area contributed by atoms with Crippen molar-refractivity contribution in [3.05, 3.63) is 22.4 Å². The predicted molar refractivity (Wildman–Crippen MR) is 58.6 cm³/mol. The molecule has 1 aromatic heterocycles. The van der Waals surface area contributed by atoms with Gasteiger partial charge >= 0.3 is 0 Å². The molecule has 0 radical (unpaired) electrons. The van der Waals surface area contributed by atoms with E-state index in [1.54, 1.807) is 11.3 Å². The predicted octanol–water partition coefficient (Wildman–Crippen LogP) is 0.687. The average molecular weight is 212 g/mol. The summed E-state index contributed by atoms with van der Waals surface area (Å²) in [5.41, 5.74) is 0. The largest absolute Gasteiger partial charge is 0.386 e. The third-order valence-corrected chi connectivity index (χ3v) is 3.49. The first-order valence-corrected chi connectivity index (χ1v) is 5.89. The van der Waals surface area contributed by atoms with Crippen LogP contribution < -0.4 is 5.32 Å². The van der Waals surface area contributed by atoms with E-state index in [1.807, 2.05) is 17.5 Å². The van der Waals surface area contributed by atoms with Gasteiger partial charge in [-0.2, -0.15) is 0 Å². The van der Waals surface area contributed by atoms with E-state index in [-0.39, 0.29) is 6.10 Å². The van der Waals surface area contributed by atoms with Crippen LogP contribution >= 0.6 is 11.3 Å². The second-order valence-electron chi connectivity index (χ2n) is 3.58. The van der Waals surface area contributed by atoms with Crippen molar-refractivity contribution in [3.63, 3.8) is 0 Å². The fraction of sp³-hybridized carbons (Fsp3) is 0.600. The average Bonchev–Trinajstić information content (AvgIpc) is 2.72. The van der Waals surface area contributed by atoms with E-state index in [9.17, 15) is 5.11 Å². The lowest BCUT2D eigenvalue weighted by molar-refractivity contribution is 0.108. The minimum absolute atomic E-state index is 0.312. The lowest BCUT2D eigenvalue weighted by Gasteiger charge is -2.28. The van der Waals surface area contributed by atoms with Crippen molar-refractivity contribution in [1.29, 1.82) is 0 Å². The van der Waals surface area contributed by atoms with Crippen LogP contribution in [0, 0.1) is 0 Å². The monoisotopic (exact) mass is 212 g/mol. The van der Waals surface area contributed by atoms with Crippen molar-refractivity contribution in [2.75, 3.05) is 32.7 Å². The number of hydrogen-bond donors (Lipinski definition) is 2. The standard InChI is InChI=1S/C10H16N2OS/c13-9(10-2-1-7-14-10)8-12-5-3-11-4-6-12/h1-2,7,9,11,13H,3-6,8H2/t9-/m1/s1. The molecule has 1 aliphatic rings. The second-order valence-corrected chi connectivity index (χ2v) is 4.56. The molecule has 1 saturated heterocycles. The number of hydrogen-bond acceptors (Lipinski definition) is 4. The molecule has 14 heavy (non-hydrogen) atoms. The quantitative estimate of drug-likeness (QED) is 0.773. The molecule has 0 bridgehead atoms. The van der Waals surface area contributed by atoms with Crippen LogP contribution in [0.2, 0.25) is 0 Å². The summed E-state index contributed by atoms with van der Waals surface area (Å²) in [6.07, 6.45) is -0.312. The number of piperazine rings is 1. The molecule has 1 aromatic rings. The highest BCUT2D eigenvalue weighted by atomic mass is 32.1. The molecular weight excluding hydrogens is 196 g/mol. The van der Waals surface area contributed by atoms with Gasteiger partial charge in [0.05, 0.1) is 0 Å². The molecule has 78 valence electrons. The molecule has 0 amide bonds.